The highest BCUT2D eigenvalue weighted by molar-refractivity contribution is 6.33. The van der Waals surface area contributed by atoms with Crippen LogP contribution in [0.5, 0.6) is 0 Å². The predicted molar refractivity (Wildman–Crippen MR) is 108 cm³/mol. The molecule has 0 N–H and O–H groups in total. The number of carbonyl (C=O) groups is 1. The van der Waals surface area contributed by atoms with Crippen molar-refractivity contribution in [1.82, 2.24) is 9.88 Å². The summed E-state index contributed by atoms with van der Waals surface area (Å²) in [5.41, 5.74) is 4.39. The molecule has 4 nitrogen and oxygen atoms in total. The van der Waals surface area contributed by atoms with Crippen LogP contribution in [0.15, 0.2) is 53.1 Å². The van der Waals surface area contributed by atoms with Crippen LogP contribution < -0.4 is 0 Å². The highest BCUT2D eigenvalue weighted by Gasteiger charge is 2.14. The third-order valence-electron chi connectivity index (χ3n) is 4.58. The number of halogens is 1. The van der Waals surface area contributed by atoms with E-state index in [0.717, 1.165) is 11.1 Å². The lowest BCUT2D eigenvalue weighted by Gasteiger charge is -2.18. The van der Waals surface area contributed by atoms with Crippen LogP contribution in [0.2, 0.25) is 5.02 Å². The van der Waals surface area contributed by atoms with Crippen molar-refractivity contribution in [3.63, 3.8) is 0 Å². The molecule has 0 aliphatic heterocycles. The maximum Gasteiger partial charge on any atom is 0.223 e. The molecule has 0 saturated carbocycles. The van der Waals surface area contributed by atoms with Crippen molar-refractivity contribution >= 4 is 17.5 Å². The fraction of sp³-hybridized carbons (Fsp3) is 0.273. The van der Waals surface area contributed by atoms with Gasteiger partial charge in [0.15, 0.2) is 11.7 Å². The van der Waals surface area contributed by atoms with Gasteiger partial charge in [-0.25, -0.2) is 4.98 Å². The number of rotatable bonds is 6. The zero-order valence-corrected chi connectivity index (χ0v) is 16.6. The molecule has 0 fully saturated rings. The van der Waals surface area contributed by atoms with E-state index in [0.29, 0.717) is 36.1 Å². The molecule has 27 heavy (non-hydrogen) atoms. The number of nitrogens with zero attached hydrogens (tertiary/aromatic N) is 2. The van der Waals surface area contributed by atoms with Gasteiger partial charge in [-0.2, -0.15) is 0 Å². The summed E-state index contributed by atoms with van der Waals surface area (Å²) in [4.78, 5) is 18.5. The molecule has 0 bridgehead atoms. The highest BCUT2D eigenvalue weighted by Crippen LogP contribution is 2.28. The fourth-order valence-electron chi connectivity index (χ4n) is 2.98. The normalized spacial score (nSPS) is 10.8. The van der Waals surface area contributed by atoms with Gasteiger partial charge in [-0.3, -0.25) is 4.79 Å². The molecule has 0 atom stereocenters. The summed E-state index contributed by atoms with van der Waals surface area (Å²) in [6, 6.07) is 13.8. The van der Waals surface area contributed by atoms with Crippen molar-refractivity contribution in [2.75, 3.05) is 7.05 Å². The monoisotopic (exact) mass is 382 g/mol. The van der Waals surface area contributed by atoms with E-state index < -0.39 is 0 Å². The third-order valence-corrected chi connectivity index (χ3v) is 4.91. The third kappa shape index (κ3) is 4.77. The van der Waals surface area contributed by atoms with Crippen molar-refractivity contribution in [3.05, 3.63) is 76.3 Å². The maximum absolute atomic E-state index is 12.5. The Hall–Kier alpha value is -2.59. The Bertz CT molecular complexity index is 949. The molecule has 0 unspecified atom stereocenters. The van der Waals surface area contributed by atoms with Gasteiger partial charge in [0.25, 0.3) is 0 Å². The van der Waals surface area contributed by atoms with Gasteiger partial charge in [0, 0.05) is 32.0 Å². The van der Waals surface area contributed by atoms with Crippen molar-refractivity contribution < 1.29 is 9.21 Å². The average molecular weight is 383 g/mol. The second-order valence-corrected chi connectivity index (χ2v) is 7.19. The second kappa shape index (κ2) is 8.40. The van der Waals surface area contributed by atoms with Crippen LogP contribution in [0.1, 0.15) is 29.0 Å². The molecule has 5 heteroatoms. The van der Waals surface area contributed by atoms with Gasteiger partial charge >= 0.3 is 0 Å². The lowest BCUT2D eigenvalue weighted by Crippen LogP contribution is -2.26. The van der Waals surface area contributed by atoms with E-state index in [1.54, 1.807) is 11.1 Å². The molecule has 3 rings (SSSR count). The Morgan fingerprint density at radius 2 is 1.96 bits per heavy atom. The number of amides is 1. The first-order valence-electron chi connectivity index (χ1n) is 8.93. The lowest BCUT2D eigenvalue weighted by molar-refractivity contribution is -0.130. The molecule has 2 aromatic carbocycles. The maximum atomic E-state index is 12.5. The van der Waals surface area contributed by atoms with Gasteiger partial charge in [-0.05, 0) is 37.1 Å². The Balaban J connectivity index is 1.58. The van der Waals surface area contributed by atoms with Gasteiger partial charge in [-0.15, -0.1) is 0 Å². The molecular formula is C22H23ClN2O2. The van der Waals surface area contributed by atoms with E-state index in [-0.39, 0.29) is 5.91 Å². The van der Waals surface area contributed by atoms with E-state index in [1.807, 2.05) is 31.3 Å². The Kier molecular flexibility index (Phi) is 5.97. The van der Waals surface area contributed by atoms with Gasteiger partial charge < -0.3 is 9.32 Å². The molecule has 0 aliphatic rings. The standard InChI is InChI=1S/C22H23ClN2O2/c1-15-8-9-17(16(2)12-15)14-25(3)22(26)11-10-21-24-13-20(27-21)18-6-4-5-7-19(18)23/h4-9,12-13H,10-11,14H2,1-3H3. The smallest absolute Gasteiger partial charge is 0.223 e. The number of oxazole rings is 1. The Labute approximate surface area is 164 Å². The quantitative estimate of drug-likeness (QED) is 0.588. The molecule has 1 heterocycles. The highest BCUT2D eigenvalue weighted by atomic mass is 35.5. The number of carbonyl (C=O) groups excluding carboxylic acids is 1. The minimum absolute atomic E-state index is 0.0625. The molecule has 140 valence electrons. The summed E-state index contributed by atoms with van der Waals surface area (Å²) in [7, 11) is 1.83. The SMILES string of the molecule is Cc1ccc(CN(C)C(=O)CCc2ncc(-c3ccccc3Cl)o2)c(C)c1. The molecule has 1 amide bonds. The van der Waals surface area contributed by atoms with Gasteiger partial charge in [0.05, 0.1) is 11.2 Å². The molecule has 1 aromatic heterocycles. The predicted octanol–water partition coefficient (Wildman–Crippen LogP) is 5.20. The fourth-order valence-corrected chi connectivity index (χ4v) is 3.21. The molecule has 0 radical (unpaired) electrons. The Morgan fingerprint density at radius 1 is 1.19 bits per heavy atom. The molecule has 0 aliphatic carbocycles. The van der Waals surface area contributed by atoms with Crippen molar-refractivity contribution in [3.8, 4) is 11.3 Å². The zero-order chi connectivity index (χ0) is 19.4. The summed E-state index contributed by atoms with van der Waals surface area (Å²) in [6.45, 7) is 4.74. The minimum Gasteiger partial charge on any atom is -0.441 e. The largest absolute Gasteiger partial charge is 0.441 e. The van der Waals surface area contributed by atoms with Crippen LogP contribution >= 0.6 is 11.6 Å². The van der Waals surface area contributed by atoms with E-state index in [1.165, 1.54) is 11.1 Å². The number of aromatic nitrogens is 1. The van der Waals surface area contributed by atoms with Crippen LogP contribution in [0, 0.1) is 13.8 Å². The molecular weight excluding hydrogens is 360 g/mol. The number of benzene rings is 2. The van der Waals surface area contributed by atoms with Crippen molar-refractivity contribution in [1.29, 1.82) is 0 Å². The van der Waals surface area contributed by atoms with E-state index >= 15 is 0 Å². The Morgan fingerprint density at radius 3 is 2.70 bits per heavy atom. The summed E-state index contributed by atoms with van der Waals surface area (Å²) in [6.07, 6.45) is 2.46. The van der Waals surface area contributed by atoms with Crippen LogP contribution in [0.3, 0.4) is 0 Å². The topological polar surface area (TPSA) is 46.3 Å². The van der Waals surface area contributed by atoms with Crippen LogP contribution in [0.4, 0.5) is 0 Å². The summed E-state index contributed by atoms with van der Waals surface area (Å²) in [5.74, 6) is 1.22. The summed E-state index contributed by atoms with van der Waals surface area (Å²) < 4.78 is 5.76. The number of hydrogen-bond acceptors (Lipinski definition) is 3. The van der Waals surface area contributed by atoms with Gasteiger partial charge in [-0.1, -0.05) is 47.5 Å². The first-order chi connectivity index (χ1) is 12.9. The van der Waals surface area contributed by atoms with Crippen molar-refractivity contribution in [2.24, 2.45) is 0 Å². The van der Waals surface area contributed by atoms with Crippen LogP contribution in [0.25, 0.3) is 11.3 Å². The first-order valence-corrected chi connectivity index (χ1v) is 9.31. The van der Waals surface area contributed by atoms with Crippen LogP contribution in [-0.2, 0) is 17.8 Å². The molecule has 0 spiro atoms. The van der Waals surface area contributed by atoms with E-state index in [9.17, 15) is 4.79 Å². The van der Waals surface area contributed by atoms with Gasteiger partial charge in [0.2, 0.25) is 5.91 Å². The second-order valence-electron chi connectivity index (χ2n) is 6.78. The molecule has 3 aromatic rings. The summed E-state index contributed by atoms with van der Waals surface area (Å²) >= 11 is 6.19. The summed E-state index contributed by atoms with van der Waals surface area (Å²) in [5, 5.41) is 0.615. The molecule has 0 saturated heterocycles. The number of aryl methyl sites for hydroxylation is 3. The number of hydrogen-bond donors (Lipinski definition) is 0. The minimum atomic E-state index is 0.0625. The zero-order valence-electron chi connectivity index (χ0n) is 15.8. The first kappa shape index (κ1) is 19.2. The van der Waals surface area contributed by atoms with Crippen LogP contribution in [-0.4, -0.2) is 22.8 Å². The lowest BCUT2D eigenvalue weighted by atomic mass is 10.1. The van der Waals surface area contributed by atoms with Gasteiger partial charge in [0.1, 0.15) is 0 Å². The average Bonchev–Trinajstić information content (AvgIpc) is 3.11. The van der Waals surface area contributed by atoms with E-state index in [4.69, 9.17) is 16.0 Å². The van der Waals surface area contributed by atoms with E-state index in [2.05, 4.69) is 37.0 Å². The van der Waals surface area contributed by atoms with Crippen molar-refractivity contribution in [2.45, 2.75) is 33.2 Å².